The van der Waals surface area contributed by atoms with E-state index in [0.29, 0.717) is 10.1 Å². The van der Waals surface area contributed by atoms with E-state index in [0.717, 1.165) is 0 Å². The van der Waals surface area contributed by atoms with Crippen molar-refractivity contribution in [1.82, 2.24) is 20.0 Å². The zero-order valence-electron chi connectivity index (χ0n) is 23.6. The lowest BCUT2D eigenvalue weighted by Gasteiger charge is -2.39. The molecular weight excluding hydrogens is 582 g/mol. The zero-order valence-corrected chi connectivity index (χ0v) is 26.0. The van der Waals surface area contributed by atoms with Gasteiger partial charge in [-0.2, -0.15) is 13.5 Å². The molecule has 1 aliphatic heterocycles. The van der Waals surface area contributed by atoms with Gasteiger partial charge in [-0.25, -0.2) is 13.9 Å². The Hall–Kier alpha value is -2.81. The number of carbonyl (C=O) groups excluding carboxylic acids is 3. The summed E-state index contributed by atoms with van der Waals surface area (Å²) in [5.41, 5.74) is -2.98. The molecule has 2 heterocycles. The third-order valence-electron chi connectivity index (χ3n) is 5.90. The highest BCUT2D eigenvalue weighted by Crippen LogP contribution is 2.40. The number of nitrogens with one attached hydrogen (secondary N) is 1. The van der Waals surface area contributed by atoms with E-state index in [2.05, 4.69) is 10.4 Å². The summed E-state index contributed by atoms with van der Waals surface area (Å²) >= 11 is 7.69. The summed E-state index contributed by atoms with van der Waals surface area (Å²) in [6.45, 7) is 8.19. The third-order valence-corrected chi connectivity index (χ3v) is 9.56. The number of thioether (sulfide) groups is 1. The summed E-state index contributed by atoms with van der Waals surface area (Å²) in [5, 5.41) is 5.76. The normalized spacial score (nSPS) is 18.2. The third kappa shape index (κ3) is 6.40. The Morgan fingerprint density at radius 1 is 1.25 bits per heavy atom. The van der Waals surface area contributed by atoms with Gasteiger partial charge in [0.2, 0.25) is 5.54 Å². The number of aromatic nitrogens is 2. The van der Waals surface area contributed by atoms with Crippen LogP contribution in [0.25, 0.3) is 0 Å². The molecule has 1 amide bonds. The van der Waals surface area contributed by atoms with Gasteiger partial charge in [0.15, 0.2) is 16.6 Å². The second kappa shape index (κ2) is 11.6. The molecule has 2 atom stereocenters. The number of benzene rings is 1. The van der Waals surface area contributed by atoms with Gasteiger partial charge in [0.1, 0.15) is 5.37 Å². The van der Waals surface area contributed by atoms with Crippen molar-refractivity contribution in [3.8, 4) is 5.75 Å². The molecule has 220 valence electrons. The molecule has 0 radical (unpaired) electrons. The Bertz CT molecular complexity index is 1410. The van der Waals surface area contributed by atoms with Gasteiger partial charge in [-0.05, 0) is 58.9 Å². The molecule has 0 bridgehead atoms. The molecule has 1 fully saturated rings. The number of esters is 1. The summed E-state index contributed by atoms with van der Waals surface area (Å²) in [7, 11) is -0.167. The first-order valence-electron chi connectivity index (χ1n) is 12.3. The molecule has 3 rings (SSSR count). The predicted molar refractivity (Wildman–Crippen MR) is 152 cm³/mol. The number of ether oxygens (including phenoxy) is 2. The number of Topliss-reactive ketones (excluding diaryl/α,β-unsaturated/α-hetero) is 1. The van der Waals surface area contributed by atoms with Crippen LogP contribution >= 0.6 is 23.4 Å². The Balaban J connectivity index is 2.27. The van der Waals surface area contributed by atoms with E-state index in [1.54, 1.807) is 13.8 Å². The minimum absolute atomic E-state index is 0.0492. The SMILES string of the molecule is CC(C)OC(=O)[C@@](C)(C(=O)[C@H]1NC(C)(C)CS1)N(c1ccc(OC(=O)N(C)C)c(Cl)c1)S(=O)(=O)c1ccn(C)n1. The summed E-state index contributed by atoms with van der Waals surface area (Å²) in [6.07, 6.45) is 0.0563. The van der Waals surface area contributed by atoms with Crippen molar-refractivity contribution in [3.63, 3.8) is 0 Å². The number of aryl methyl sites for hydroxylation is 1. The van der Waals surface area contributed by atoms with Crippen molar-refractivity contribution in [2.24, 2.45) is 7.05 Å². The molecule has 1 aromatic heterocycles. The van der Waals surface area contributed by atoms with Crippen LogP contribution in [-0.4, -0.2) is 83.3 Å². The molecule has 1 aromatic carbocycles. The predicted octanol–water partition coefficient (Wildman–Crippen LogP) is 3.05. The summed E-state index contributed by atoms with van der Waals surface area (Å²) < 4.78 is 41.1. The van der Waals surface area contributed by atoms with Crippen molar-refractivity contribution in [1.29, 1.82) is 0 Å². The van der Waals surface area contributed by atoms with Crippen LogP contribution in [0.1, 0.15) is 34.6 Å². The molecule has 40 heavy (non-hydrogen) atoms. The number of ketones is 1. The maximum Gasteiger partial charge on any atom is 0.414 e. The molecule has 15 heteroatoms. The first kappa shape index (κ1) is 31.7. The number of amides is 1. The lowest BCUT2D eigenvalue weighted by molar-refractivity contribution is -0.156. The number of sulfonamides is 1. The van der Waals surface area contributed by atoms with E-state index in [9.17, 15) is 22.8 Å². The van der Waals surface area contributed by atoms with Gasteiger partial charge in [-0.15, -0.1) is 11.8 Å². The maximum absolute atomic E-state index is 14.2. The van der Waals surface area contributed by atoms with Crippen LogP contribution in [0.15, 0.2) is 35.5 Å². The van der Waals surface area contributed by atoms with Crippen LogP contribution in [0.5, 0.6) is 5.75 Å². The van der Waals surface area contributed by atoms with Gasteiger partial charge in [0.25, 0.3) is 10.0 Å². The molecule has 12 nitrogen and oxygen atoms in total. The molecule has 0 saturated carbocycles. The lowest BCUT2D eigenvalue weighted by Crippen LogP contribution is -2.65. The Morgan fingerprint density at radius 2 is 1.90 bits per heavy atom. The maximum atomic E-state index is 14.2. The molecule has 1 N–H and O–H groups in total. The highest BCUT2D eigenvalue weighted by atomic mass is 35.5. The van der Waals surface area contributed by atoms with Crippen LogP contribution < -0.4 is 14.4 Å². The van der Waals surface area contributed by atoms with Crippen molar-refractivity contribution in [2.45, 2.75) is 62.2 Å². The zero-order chi connectivity index (χ0) is 30.2. The fourth-order valence-corrected chi connectivity index (χ4v) is 7.24. The average Bonchev–Trinajstić information content (AvgIpc) is 3.44. The summed E-state index contributed by atoms with van der Waals surface area (Å²) in [4.78, 5) is 41.3. The minimum atomic E-state index is -4.67. The summed E-state index contributed by atoms with van der Waals surface area (Å²) in [5.74, 6) is -1.30. The van der Waals surface area contributed by atoms with Crippen molar-refractivity contribution in [2.75, 3.05) is 24.2 Å². The van der Waals surface area contributed by atoms with E-state index < -0.39 is 55.5 Å². The van der Waals surface area contributed by atoms with Gasteiger partial charge < -0.3 is 14.4 Å². The Labute approximate surface area is 243 Å². The highest BCUT2D eigenvalue weighted by molar-refractivity contribution is 8.01. The van der Waals surface area contributed by atoms with Crippen LogP contribution in [-0.2, 0) is 31.4 Å². The first-order chi connectivity index (χ1) is 18.4. The number of anilines is 1. The number of carbonyl (C=O) groups is 3. The Morgan fingerprint density at radius 3 is 2.38 bits per heavy atom. The fourth-order valence-electron chi connectivity index (χ4n) is 3.89. The monoisotopic (exact) mass is 615 g/mol. The van der Waals surface area contributed by atoms with Crippen molar-refractivity contribution in [3.05, 3.63) is 35.5 Å². The second-order valence-corrected chi connectivity index (χ2v) is 13.8. The van der Waals surface area contributed by atoms with Gasteiger partial charge in [0, 0.05) is 38.6 Å². The van der Waals surface area contributed by atoms with E-state index in [1.165, 1.54) is 79.9 Å². The van der Waals surface area contributed by atoms with Gasteiger partial charge >= 0.3 is 12.1 Å². The minimum Gasteiger partial charge on any atom is -0.461 e. The summed E-state index contributed by atoms with van der Waals surface area (Å²) in [6, 6.07) is 5.03. The standard InChI is InChI=1S/C25H34ClN5O7S2/c1-15(2)37-22(33)25(5,20(32)21-27-24(3,4)14-39-21)31(40(35,36)19-11-12-30(8)28-19)16-9-10-18(17(26)13-16)38-23(34)29(6)7/h9-13,15,21,27H,14H2,1-8H3/t21-,25+/m0/s1. The lowest BCUT2D eigenvalue weighted by atomic mass is 9.94. The molecule has 0 aliphatic carbocycles. The van der Waals surface area contributed by atoms with E-state index >= 15 is 0 Å². The van der Waals surface area contributed by atoms with Gasteiger partial charge in [0.05, 0.1) is 16.8 Å². The average molecular weight is 616 g/mol. The Kier molecular flexibility index (Phi) is 9.19. The molecule has 1 saturated heterocycles. The molecule has 1 aliphatic rings. The number of rotatable bonds is 9. The molecule has 0 spiro atoms. The topological polar surface area (TPSA) is 140 Å². The molecular formula is C25H34ClN5O7S2. The van der Waals surface area contributed by atoms with E-state index in [4.69, 9.17) is 21.1 Å². The van der Waals surface area contributed by atoms with Gasteiger partial charge in [-0.3, -0.25) is 14.8 Å². The van der Waals surface area contributed by atoms with E-state index in [-0.39, 0.29) is 16.5 Å². The number of hydrogen-bond donors (Lipinski definition) is 1. The van der Waals surface area contributed by atoms with Crippen LogP contribution in [0.2, 0.25) is 5.02 Å². The first-order valence-corrected chi connectivity index (χ1v) is 15.2. The second-order valence-electron chi connectivity index (χ2n) is 10.6. The number of halogens is 1. The van der Waals surface area contributed by atoms with Crippen molar-refractivity contribution < 1.29 is 32.3 Å². The molecule has 2 aromatic rings. The van der Waals surface area contributed by atoms with Crippen LogP contribution in [0, 0.1) is 0 Å². The number of nitrogens with zero attached hydrogens (tertiary/aromatic N) is 4. The van der Waals surface area contributed by atoms with E-state index in [1.807, 2.05) is 13.8 Å². The van der Waals surface area contributed by atoms with Crippen LogP contribution in [0.4, 0.5) is 10.5 Å². The van der Waals surface area contributed by atoms with Gasteiger partial charge in [-0.1, -0.05) is 11.6 Å². The van der Waals surface area contributed by atoms with Crippen LogP contribution in [0.3, 0.4) is 0 Å². The largest absolute Gasteiger partial charge is 0.461 e. The molecule has 0 unspecified atom stereocenters. The number of hydrogen-bond acceptors (Lipinski definition) is 10. The fraction of sp³-hybridized carbons (Fsp3) is 0.520. The quantitative estimate of drug-likeness (QED) is 0.331. The van der Waals surface area contributed by atoms with Crippen molar-refractivity contribution >= 4 is 56.9 Å². The smallest absolute Gasteiger partial charge is 0.414 e. The highest BCUT2D eigenvalue weighted by Gasteiger charge is 2.57.